The maximum Gasteiger partial charge on any atom is 0.393 e. The minimum Gasteiger partial charge on any atom is -0.520 e. The fourth-order valence-corrected chi connectivity index (χ4v) is 6.03. The third-order valence-corrected chi connectivity index (χ3v) is 7.20. The van der Waals surface area contributed by atoms with Crippen LogP contribution in [-0.2, 0) is 34.5 Å². The number of methoxy groups -OCH3 is 1. The highest BCUT2D eigenvalue weighted by Gasteiger charge is 2.49. The topological polar surface area (TPSA) is 63.2 Å². The molecule has 0 saturated heterocycles. The largest absolute Gasteiger partial charge is 0.520 e. The third-order valence-electron chi connectivity index (χ3n) is 5.56. The molecule has 1 aromatic rings. The number of carbonyl (C=O) groups is 1. The first-order valence-electron chi connectivity index (χ1n) is 10.5. The molecule has 0 aromatic heterocycles. The molecule has 168 valence electrons. The van der Waals surface area contributed by atoms with Gasteiger partial charge in [-0.25, -0.2) is 4.79 Å². The molecular weight excluding hydrogens is 412 g/mol. The van der Waals surface area contributed by atoms with Crippen molar-refractivity contribution >= 4 is 14.5 Å². The Hall–Kier alpha value is -2.35. The molecule has 3 rings (SSSR count). The van der Waals surface area contributed by atoms with Crippen molar-refractivity contribution in [3.63, 3.8) is 0 Å². The lowest BCUT2D eigenvalue weighted by atomic mass is 9.89. The van der Waals surface area contributed by atoms with Gasteiger partial charge in [-0.1, -0.05) is 36.4 Å². The van der Waals surface area contributed by atoms with Crippen LogP contribution in [0.3, 0.4) is 0 Å². The van der Waals surface area contributed by atoms with Crippen molar-refractivity contribution in [2.45, 2.75) is 58.9 Å². The zero-order valence-corrected chi connectivity index (χ0v) is 20.2. The summed E-state index contributed by atoms with van der Waals surface area (Å²) in [6.07, 6.45) is 3.03. The quantitative estimate of drug-likeness (QED) is 0.182. The van der Waals surface area contributed by atoms with E-state index < -0.39 is 14.2 Å². The zero-order valence-electron chi connectivity index (χ0n) is 19.2. The van der Waals surface area contributed by atoms with E-state index in [2.05, 4.69) is 6.92 Å². The number of hydrogen-bond acceptors (Lipinski definition) is 6. The molecular formula is C24H32O6Si. The van der Waals surface area contributed by atoms with Crippen LogP contribution in [0.25, 0.3) is 0 Å². The Morgan fingerprint density at radius 3 is 2.65 bits per heavy atom. The average Bonchev–Trinajstić information content (AvgIpc) is 3.05. The van der Waals surface area contributed by atoms with Crippen LogP contribution in [0, 0.1) is 0 Å². The van der Waals surface area contributed by atoms with Gasteiger partial charge >= 0.3 is 14.5 Å². The summed E-state index contributed by atoms with van der Waals surface area (Å²) < 4.78 is 29.2. The predicted molar refractivity (Wildman–Crippen MR) is 120 cm³/mol. The van der Waals surface area contributed by atoms with Crippen LogP contribution in [0.5, 0.6) is 0 Å². The normalized spacial score (nSPS) is 22.8. The van der Waals surface area contributed by atoms with Gasteiger partial charge in [0.05, 0.1) is 19.3 Å². The summed E-state index contributed by atoms with van der Waals surface area (Å²) in [7, 11) is -1.01. The van der Waals surface area contributed by atoms with E-state index in [0.29, 0.717) is 25.0 Å². The van der Waals surface area contributed by atoms with E-state index in [1.807, 2.05) is 56.4 Å². The second-order valence-electron chi connectivity index (χ2n) is 8.55. The van der Waals surface area contributed by atoms with E-state index in [1.54, 1.807) is 6.92 Å². The summed E-state index contributed by atoms with van der Waals surface area (Å²) in [5.74, 6) is 1.38. The summed E-state index contributed by atoms with van der Waals surface area (Å²) in [6.45, 7) is 10.5. The average molecular weight is 445 g/mol. The molecule has 0 spiro atoms. The third kappa shape index (κ3) is 5.47. The van der Waals surface area contributed by atoms with Crippen molar-refractivity contribution in [1.29, 1.82) is 0 Å². The molecule has 0 N–H and O–H groups in total. The van der Waals surface area contributed by atoms with E-state index in [-0.39, 0.29) is 12.8 Å². The Kier molecular flexibility index (Phi) is 7.09. The van der Waals surface area contributed by atoms with Crippen molar-refractivity contribution in [1.82, 2.24) is 0 Å². The number of rotatable bonds is 8. The van der Waals surface area contributed by atoms with Gasteiger partial charge in [-0.3, -0.25) is 0 Å². The Balaban J connectivity index is 1.69. The Labute approximate surface area is 185 Å². The van der Waals surface area contributed by atoms with Gasteiger partial charge in [0.2, 0.25) is 0 Å². The number of allylic oxidation sites excluding steroid dienone is 2. The minimum absolute atomic E-state index is 0.169. The monoisotopic (exact) mass is 444 g/mol. The van der Waals surface area contributed by atoms with Crippen LogP contribution in [0.4, 0.5) is 0 Å². The molecule has 0 amide bonds. The summed E-state index contributed by atoms with van der Waals surface area (Å²) in [5.41, 5.74) is 3.13. The van der Waals surface area contributed by atoms with Gasteiger partial charge in [0.15, 0.2) is 6.79 Å². The van der Waals surface area contributed by atoms with Gasteiger partial charge in [-0.2, -0.15) is 0 Å². The van der Waals surface area contributed by atoms with Crippen LogP contribution < -0.4 is 0 Å². The van der Waals surface area contributed by atoms with Crippen molar-refractivity contribution in [3.05, 3.63) is 70.2 Å². The van der Waals surface area contributed by atoms with Crippen LogP contribution in [-0.4, -0.2) is 34.0 Å². The molecule has 1 heterocycles. The lowest BCUT2D eigenvalue weighted by Crippen LogP contribution is -2.49. The smallest absolute Gasteiger partial charge is 0.393 e. The first-order valence-corrected chi connectivity index (χ1v) is 13.3. The second-order valence-corrected chi connectivity index (χ2v) is 11.8. The maximum absolute atomic E-state index is 11.8. The molecule has 0 bridgehead atoms. The Morgan fingerprint density at radius 1 is 1.26 bits per heavy atom. The van der Waals surface area contributed by atoms with Crippen LogP contribution in [0.15, 0.2) is 64.6 Å². The zero-order chi connectivity index (χ0) is 22.6. The maximum atomic E-state index is 11.8. The Morgan fingerprint density at radius 2 is 1.97 bits per heavy atom. The fraction of sp³-hybridized carbons (Fsp3) is 0.458. The molecule has 1 aliphatic heterocycles. The highest BCUT2D eigenvalue weighted by atomic mass is 28.4. The number of ether oxygens (including phenoxy) is 3. The van der Waals surface area contributed by atoms with Crippen molar-refractivity contribution < 1.29 is 27.9 Å². The van der Waals surface area contributed by atoms with E-state index >= 15 is 0 Å². The van der Waals surface area contributed by atoms with Gasteiger partial charge in [0.25, 0.3) is 0 Å². The molecule has 1 atom stereocenters. The van der Waals surface area contributed by atoms with E-state index in [1.165, 1.54) is 7.11 Å². The number of hydrogen-bond donors (Lipinski definition) is 0. The SMILES string of the molecule is COC(=O)/C(C)=C\C[C@@]1(C)O[Si](C)(C)OC2=C1CC(OCOCc1ccccc1)=C2C. The van der Waals surface area contributed by atoms with Crippen LogP contribution >= 0.6 is 0 Å². The summed E-state index contributed by atoms with van der Waals surface area (Å²) in [6, 6.07) is 10.00. The molecule has 31 heavy (non-hydrogen) atoms. The Bertz CT molecular complexity index is 915. The van der Waals surface area contributed by atoms with E-state index in [0.717, 1.165) is 28.2 Å². The number of benzene rings is 1. The molecule has 1 aliphatic carbocycles. The lowest BCUT2D eigenvalue weighted by molar-refractivity contribution is -0.136. The molecule has 0 unspecified atom stereocenters. The number of esters is 1. The first-order chi connectivity index (χ1) is 14.6. The molecule has 0 saturated carbocycles. The minimum atomic E-state index is -2.40. The highest BCUT2D eigenvalue weighted by molar-refractivity contribution is 6.65. The lowest BCUT2D eigenvalue weighted by Gasteiger charge is -2.43. The molecule has 6 nitrogen and oxygen atoms in total. The highest BCUT2D eigenvalue weighted by Crippen LogP contribution is 2.48. The van der Waals surface area contributed by atoms with Crippen LogP contribution in [0.1, 0.15) is 39.2 Å². The van der Waals surface area contributed by atoms with E-state index in [9.17, 15) is 4.79 Å². The predicted octanol–water partition coefficient (Wildman–Crippen LogP) is 5.13. The fourth-order valence-electron chi connectivity index (χ4n) is 3.93. The standard InChI is InChI=1S/C24H32O6Si/c1-17(23(25)26-4)12-13-24(3)20-14-21(18(2)22(20)29-31(5,6)30-24)28-16-27-15-19-10-8-7-9-11-19/h7-12H,13-16H2,1-6H3/b17-12-/t24-/m1/s1. The van der Waals surface area contributed by atoms with Gasteiger partial charge < -0.3 is 23.1 Å². The van der Waals surface area contributed by atoms with Gasteiger partial charge in [0.1, 0.15) is 11.5 Å². The molecule has 1 aromatic carbocycles. The van der Waals surface area contributed by atoms with Crippen molar-refractivity contribution in [3.8, 4) is 0 Å². The molecule has 2 aliphatic rings. The summed E-state index contributed by atoms with van der Waals surface area (Å²) >= 11 is 0. The second kappa shape index (κ2) is 9.42. The number of carbonyl (C=O) groups excluding carboxylic acids is 1. The van der Waals surface area contributed by atoms with Gasteiger partial charge in [0, 0.05) is 23.1 Å². The van der Waals surface area contributed by atoms with Crippen molar-refractivity contribution in [2.75, 3.05) is 13.9 Å². The van der Waals surface area contributed by atoms with Crippen LogP contribution in [0.2, 0.25) is 13.1 Å². The van der Waals surface area contributed by atoms with Crippen molar-refractivity contribution in [2.24, 2.45) is 0 Å². The van der Waals surface area contributed by atoms with E-state index in [4.69, 9.17) is 23.1 Å². The first kappa shape index (κ1) is 23.3. The molecule has 0 fully saturated rings. The van der Waals surface area contributed by atoms with Gasteiger partial charge in [-0.05, 0) is 45.8 Å². The molecule has 7 heteroatoms. The summed E-state index contributed by atoms with van der Waals surface area (Å²) in [4.78, 5) is 11.8. The molecule has 0 radical (unpaired) electrons. The summed E-state index contributed by atoms with van der Waals surface area (Å²) in [5, 5.41) is 0. The van der Waals surface area contributed by atoms with Gasteiger partial charge in [-0.15, -0.1) is 0 Å².